The van der Waals surface area contributed by atoms with E-state index in [2.05, 4.69) is 202 Å². The lowest BCUT2D eigenvalue weighted by atomic mass is 10.0. The summed E-state index contributed by atoms with van der Waals surface area (Å²) >= 11 is 0. The van der Waals surface area contributed by atoms with Crippen LogP contribution in [0.25, 0.3) is 110 Å². The van der Waals surface area contributed by atoms with Crippen LogP contribution in [-0.4, -0.2) is 18.3 Å². The fourth-order valence-corrected chi connectivity index (χ4v) is 9.90. The largest absolute Gasteiger partial charge is 0.341 e. The number of nitrogens with zero attached hydrogens (tertiary/aromatic N) is 4. The van der Waals surface area contributed by atoms with Crippen LogP contribution in [-0.2, 0) is 13.1 Å². The van der Waals surface area contributed by atoms with Crippen molar-refractivity contribution in [3.63, 3.8) is 0 Å². The van der Waals surface area contributed by atoms with Crippen molar-refractivity contribution < 1.29 is 0 Å². The lowest BCUT2D eigenvalue weighted by molar-refractivity contribution is 0.827. The van der Waals surface area contributed by atoms with Crippen molar-refractivity contribution in [3.8, 4) is 22.5 Å². The van der Waals surface area contributed by atoms with Gasteiger partial charge in [-0.15, -0.1) is 0 Å². The lowest BCUT2D eigenvalue weighted by Gasteiger charge is -2.09. The molecule has 0 aliphatic carbocycles. The Morgan fingerprint density at radius 3 is 0.929 bits per heavy atom. The molecule has 0 atom stereocenters. The Balaban J connectivity index is 1.05. The maximum Gasteiger partial charge on any atom is 0.0541 e. The van der Waals surface area contributed by atoms with E-state index >= 15 is 0 Å². The highest BCUT2D eigenvalue weighted by Crippen LogP contribution is 2.40. The van der Waals surface area contributed by atoms with Crippen LogP contribution in [0.3, 0.4) is 0 Å². The monoisotopic (exact) mass is 718 g/mol. The van der Waals surface area contributed by atoms with Crippen LogP contribution in [0.2, 0.25) is 0 Å². The van der Waals surface area contributed by atoms with E-state index in [9.17, 15) is 0 Å². The van der Waals surface area contributed by atoms with Gasteiger partial charge in [0.25, 0.3) is 0 Å². The van der Waals surface area contributed by atoms with Crippen molar-refractivity contribution in [1.29, 1.82) is 0 Å². The highest BCUT2D eigenvalue weighted by atomic mass is 15.0. The Hall–Kier alpha value is -7.04. The summed E-state index contributed by atoms with van der Waals surface area (Å²) in [5.74, 6) is 0. The molecule has 4 aromatic heterocycles. The van der Waals surface area contributed by atoms with Gasteiger partial charge in [0.05, 0.1) is 22.1 Å². The fourth-order valence-electron chi connectivity index (χ4n) is 9.90. The zero-order valence-electron chi connectivity index (χ0n) is 31.4. The highest BCUT2D eigenvalue weighted by molar-refractivity contribution is 6.14. The summed E-state index contributed by atoms with van der Waals surface area (Å²) in [6.45, 7) is 6.31. The average molecular weight is 719 g/mol. The number of aryl methyl sites for hydroxylation is 2. The summed E-state index contributed by atoms with van der Waals surface area (Å²) in [7, 11) is 0. The summed E-state index contributed by atoms with van der Waals surface area (Å²) in [6, 6.07) is 63.2. The topological polar surface area (TPSA) is 19.7 Å². The van der Waals surface area contributed by atoms with Gasteiger partial charge in [-0.3, -0.25) is 0 Å². The number of benzene rings is 8. The molecular weight excluding hydrogens is 681 g/mol. The molecule has 0 saturated heterocycles. The molecule has 0 bridgehead atoms. The third kappa shape index (κ3) is 4.24. The Labute approximate surface area is 323 Å². The van der Waals surface area contributed by atoms with Gasteiger partial charge in [-0.1, -0.05) is 84.9 Å². The van der Waals surface area contributed by atoms with Crippen LogP contribution in [0.1, 0.15) is 13.8 Å². The van der Waals surface area contributed by atoms with Crippen molar-refractivity contribution in [1.82, 2.24) is 18.3 Å². The Bertz CT molecular complexity index is 3220. The Kier molecular flexibility index (Phi) is 6.56. The zero-order chi connectivity index (χ0) is 37.1. The summed E-state index contributed by atoms with van der Waals surface area (Å²) < 4.78 is 9.76. The Morgan fingerprint density at radius 2 is 0.589 bits per heavy atom. The van der Waals surface area contributed by atoms with Crippen molar-refractivity contribution >= 4 is 87.2 Å². The maximum atomic E-state index is 2.46. The Morgan fingerprint density at radius 1 is 0.286 bits per heavy atom. The van der Waals surface area contributed by atoms with Crippen molar-refractivity contribution in [2.24, 2.45) is 0 Å². The molecule has 0 unspecified atom stereocenters. The molecule has 0 fully saturated rings. The standard InChI is InChI=1S/C52H38N4/c1-3-53-45-25-21-33(29-41(45)43-31-35(23-27-47(43)53)55-49-17-9-5-13-37(49)38-14-6-10-18-50(38)55)34-22-26-46-42(30-34)44-32-36(24-28-48(44)54(46)4-2)56-51-19-11-7-15-39(51)40-16-8-12-20-52(40)56/h5-32H,3-4H2,1-2H3. The predicted molar refractivity (Wildman–Crippen MR) is 238 cm³/mol. The number of rotatable bonds is 5. The van der Waals surface area contributed by atoms with Crippen molar-refractivity contribution in [3.05, 3.63) is 170 Å². The van der Waals surface area contributed by atoms with Crippen LogP contribution in [0.5, 0.6) is 0 Å². The lowest BCUT2D eigenvalue weighted by Crippen LogP contribution is -1.95. The molecule has 8 aromatic carbocycles. The zero-order valence-corrected chi connectivity index (χ0v) is 31.4. The summed E-state index contributed by atoms with van der Waals surface area (Å²) in [5, 5.41) is 10.3. The molecule has 0 N–H and O–H groups in total. The molecule has 4 heterocycles. The number of fused-ring (bicyclic) bond motifs is 12. The summed E-state index contributed by atoms with van der Waals surface area (Å²) in [5.41, 5.74) is 14.8. The van der Waals surface area contributed by atoms with Gasteiger partial charge in [0.2, 0.25) is 0 Å². The molecule has 4 nitrogen and oxygen atoms in total. The van der Waals surface area contributed by atoms with Gasteiger partial charge in [0.15, 0.2) is 0 Å². The third-order valence-corrected chi connectivity index (χ3v) is 12.3. The SMILES string of the molecule is CCn1c2ccc(-c3ccc4c(c3)c3cc(-n5c6ccccc6c6ccccc65)ccc3n4CC)cc2c2cc(-n3c4ccccc4c4ccccc43)ccc21. The van der Waals surface area contributed by atoms with Crippen molar-refractivity contribution in [2.45, 2.75) is 26.9 Å². The van der Waals surface area contributed by atoms with E-state index in [4.69, 9.17) is 0 Å². The van der Waals surface area contributed by atoms with Gasteiger partial charge in [0.1, 0.15) is 0 Å². The molecule has 0 aliphatic rings. The van der Waals surface area contributed by atoms with Gasteiger partial charge in [0, 0.05) is 89.6 Å². The smallest absolute Gasteiger partial charge is 0.0541 e. The molecule has 266 valence electrons. The van der Waals surface area contributed by atoms with E-state index in [1.807, 2.05) is 0 Å². The van der Waals surface area contributed by atoms with E-state index in [1.165, 1.54) is 110 Å². The molecule has 4 heteroatoms. The molecule has 0 aliphatic heterocycles. The molecule has 0 spiro atoms. The van der Waals surface area contributed by atoms with E-state index in [1.54, 1.807) is 0 Å². The second-order valence-electron chi connectivity index (χ2n) is 15.1. The average Bonchev–Trinajstić information content (AvgIpc) is 3.97. The van der Waals surface area contributed by atoms with E-state index in [0.717, 1.165) is 13.1 Å². The fraction of sp³-hybridized carbons (Fsp3) is 0.0769. The van der Waals surface area contributed by atoms with E-state index in [-0.39, 0.29) is 0 Å². The van der Waals surface area contributed by atoms with Gasteiger partial charge in [-0.05, 0) is 110 Å². The minimum Gasteiger partial charge on any atom is -0.341 e. The maximum absolute atomic E-state index is 2.46. The number of hydrogen-bond acceptors (Lipinski definition) is 0. The molecule has 12 rings (SSSR count). The quantitative estimate of drug-likeness (QED) is 0.169. The van der Waals surface area contributed by atoms with Gasteiger partial charge in [-0.25, -0.2) is 0 Å². The second kappa shape index (κ2) is 11.7. The summed E-state index contributed by atoms with van der Waals surface area (Å²) in [4.78, 5) is 0. The van der Waals surface area contributed by atoms with Crippen LogP contribution in [0, 0.1) is 0 Å². The number of para-hydroxylation sites is 4. The van der Waals surface area contributed by atoms with E-state index < -0.39 is 0 Å². The first-order valence-corrected chi connectivity index (χ1v) is 19.8. The minimum absolute atomic E-state index is 0.908. The van der Waals surface area contributed by atoms with Crippen molar-refractivity contribution in [2.75, 3.05) is 0 Å². The second-order valence-corrected chi connectivity index (χ2v) is 15.1. The predicted octanol–water partition coefficient (Wildman–Crippen LogP) is 13.8. The molecule has 56 heavy (non-hydrogen) atoms. The van der Waals surface area contributed by atoms with Gasteiger partial charge in [-0.2, -0.15) is 0 Å². The van der Waals surface area contributed by atoms with Gasteiger partial charge >= 0.3 is 0 Å². The first-order valence-electron chi connectivity index (χ1n) is 19.8. The first-order chi connectivity index (χ1) is 27.7. The van der Waals surface area contributed by atoms with Crippen LogP contribution < -0.4 is 0 Å². The molecule has 0 saturated carbocycles. The first kappa shape index (κ1) is 31.3. The molecule has 0 amide bonds. The minimum atomic E-state index is 0.908. The van der Waals surface area contributed by atoms with Crippen LogP contribution >= 0.6 is 0 Å². The molecule has 12 aromatic rings. The highest BCUT2D eigenvalue weighted by Gasteiger charge is 2.18. The third-order valence-electron chi connectivity index (χ3n) is 12.3. The molecular formula is C52H38N4. The molecule has 0 radical (unpaired) electrons. The van der Waals surface area contributed by atoms with Crippen LogP contribution in [0.15, 0.2) is 170 Å². The normalized spacial score (nSPS) is 12.2. The van der Waals surface area contributed by atoms with Crippen LogP contribution in [0.4, 0.5) is 0 Å². The number of aromatic nitrogens is 4. The van der Waals surface area contributed by atoms with Gasteiger partial charge < -0.3 is 18.3 Å². The summed E-state index contributed by atoms with van der Waals surface area (Å²) in [6.07, 6.45) is 0. The van der Waals surface area contributed by atoms with E-state index in [0.29, 0.717) is 0 Å². The number of hydrogen-bond donors (Lipinski definition) is 0.